The fraction of sp³-hybridized carbons (Fsp3) is 0.188. The third-order valence-electron chi connectivity index (χ3n) is 2.97. The van der Waals surface area contributed by atoms with Crippen LogP contribution in [0.5, 0.6) is 5.75 Å². The van der Waals surface area contributed by atoms with E-state index in [0.717, 1.165) is 22.7 Å². The highest BCUT2D eigenvalue weighted by Crippen LogP contribution is 2.16. The minimum atomic E-state index is -0.226. The van der Waals surface area contributed by atoms with Crippen LogP contribution in [0.25, 0.3) is 0 Å². The molecule has 0 aliphatic carbocycles. The Kier molecular flexibility index (Phi) is 5.48. The first kappa shape index (κ1) is 15.5. The zero-order valence-electron chi connectivity index (χ0n) is 12.5. The van der Waals surface area contributed by atoms with Crippen LogP contribution in [0.2, 0.25) is 0 Å². The zero-order chi connectivity index (χ0) is 15.8. The number of anilines is 1. The van der Waals surface area contributed by atoms with Crippen LogP contribution in [-0.2, 0) is 4.79 Å². The van der Waals surface area contributed by atoms with Gasteiger partial charge in [0.25, 0.3) is 5.91 Å². The quantitative estimate of drug-likeness (QED) is 0.632. The Morgan fingerprint density at radius 1 is 1.27 bits per heavy atom. The van der Waals surface area contributed by atoms with E-state index in [4.69, 9.17) is 4.74 Å². The fourth-order valence-electron chi connectivity index (χ4n) is 1.76. The summed E-state index contributed by atoms with van der Waals surface area (Å²) in [7, 11) is 1.60. The van der Waals surface area contributed by atoms with Crippen LogP contribution < -0.4 is 15.5 Å². The number of rotatable bonds is 6. The van der Waals surface area contributed by atoms with Gasteiger partial charge in [0.05, 0.1) is 19.4 Å². The van der Waals surface area contributed by atoms with Gasteiger partial charge < -0.3 is 10.1 Å². The number of nitrogens with zero attached hydrogens (tertiary/aromatic N) is 2. The van der Waals surface area contributed by atoms with Crippen LogP contribution >= 0.6 is 0 Å². The Bertz CT molecular complexity index is 656. The molecular formula is C16H18N4O2. The molecule has 2 N–H and O–H groups in total. The van der Waals surface area contributed by atoms with Gasteiger partial charge in [0.2, 0.25) is 0 Å². The van der Waals surface area contributed by atoms with E-state index in [1.54, 1.807) is 19.5 Å². The normalized spacial score (nSPS) is 10.9. The molecule has 0 radical (unpaired) electrons. The summed E-state index contributed by atoms with van der Waals surface area (Å²) >= 11 is 0. The highest BCUT2D eigenvalue weighted by atomic mass is 16.5. The van der Waals surface area contributed by atoms with E-state index in [2.05, 4.69) is 20.8 Å². The summed E-state index contributed by atoms with van der Waals surface area (Å²) in [6.07, 6.45) is 3.36. The summed E-state index contributed by atoms with van der Waals surface area (Å²) in [6.45, 7) is 1.95. The number of carbonyl (C=O) groups excluding carboxylic acids is 1. The summed E-state index contributed by atoms with van der Waals surface area (Å²) in [6, 6.07) is 11.0. The van der Waals surface area contributed by atoms with E-state index in [9.17, 15) is 4.79 Å². The second kappa shape index (κ2) is 7.78. The summed E-state index contributed by atoms with van der Waals surface area (Å²) in [5, 5.41) is 7.08. The Balaban J connectivity index is 1.85. The van der Waals surface area contributed by atoms with Gasteiger partial charge in [0, 0.05) is 29.7 Å². The molecule has 6 nitrogen and oxygen atoms in total. The summed E-state index contributed by atoms with van der Waals surface area (Å²) in [4.78, 5) is 15.7. The van der Waals surface area contributed by atoms with Crippen molar-refractivity contribution in [2.75, 3.05) is 19.0 Å². The average Bonchev–Trinajstić information content (AvgIpc) is 2.58. The van der Waals surface area contributed by atoms with Crippen molar-refractivity contribution in [3.05, 3.63) is 54.4 Å². The molecule has 22 heavy (non-hydrogen) atoms. The lowest BCUT2D eigenvalue weighted by Crippen LogP contribution is -2.26. The second-order valence-electron chi connectivity index (χ2n) is 4.55. The molecule has 2 rings (SSSR count). The minimum Gasteiger partial charge on any atom is -0.497 e. The maximum absolute atomic E-state index is 11.8. The monoisotopic (exact) mass is 298 g/mol. The predicted molar refractivity (Wildman–Crippen MR) is 86.1 cm³/mol. The molecule has 114 valence electrons. The van der Waals surface area contributed by atoms with Crippen molar-refractivity contribution >= 4 is 17.3 Å². The van der Waals surface area contributed by atoms with Crippen LogP contribution in [0.1, 0.15) is 12.5 Å². The number of ether oxygens (including phenoxy) is 1. The van der Waals surface area contributed by atoms with Gasteiger partial charge in [-0.3, -0.25) is 9.78 Å². The van der Waals surface area contributed by atoms with E-state index in [1.807, 2.05) is 43.3 Å². The molecule has 2 aromatic rings. The van der Waals surface area contributed by atoms with Crippen molar-refractivity contribution in [2.45, 2.75) is 6.92 Å². The van der Waals surface area contributed by atoms with Crippen LogP contribution in [-0.4, -0.2) is 30.3 Å². The van der Waals surface area contributed by atoms with E-state index in [0.29, 0.717) is 0 Å². The number of amides is 1. The number of hydrazone groups is 1. The molecular weight excluding hydrogens is 280 g/mol. The molecule has 1 aromatic heterocycles. The minimum absolute atomic E-state index is 0.125. The Morgan fingerprint density at radius 2 is 2.05 bits per heavy atom. The van der Waals surface area contributed by atoms with Gasteiger partial charge in [0.1, 0.15) is 5.75 Å². The molecule has 1 amide bonds. The number of methoxy groups -OCH3 is 1. The zero-order valence-corrected chi connectivity index (χ0v) is 12.5. The lowest BCUT2D eigenvalue weighted by molar-refractivity contribution is -0.119. The molecule has 0 saturated heterocycles. The van der Waals surface area contributed by atoms with E-state index < -0.39 is 0 Å². The van der Waals surface area contributed by atoms with Gasteiger partial charge in [-0.05, 0) is 31.2 Å². The fourth-order valence-corrected chi connectivity index (χ4v) is 1.76. The van der Waals surface area contributed by atoms with Crippen LogP contribution in [0, 0.1) is 0 Å². The van der Waals surface area contributed by atoms with Crippen molar-refractivity contribution < 1.29 is 9.53 Å². The van der Waals surface area contributed by atoms with Crippen molar-refractivity contribution in [3.63, 3.8) is 0 Å². The summed E-state index contributed by atoms with van der Waals surface area (Å²) in [5.41, 5.74) is 4.96. The first-order valence-electron chi connectivity index (χ1n) is 6.80. The molecule has 0 spiro atoms. The smallest absolute Gasteiger partial charge is 0.259 e. The number of aromatic nitrogens is 1. The third kappa shape index (κ3) is 4.59. The number of hydrogen-bond donors (Lipinski definition) is 2. The summed E-state index contributed by atoms with van der Waals surface area (Å²) < 4.78 is 5.12. The molecule has 0 unspecified atom stereocenters. The van der Waals surface area contributed by atoms with Crippen molar-refractivity contribution in [2.24, 2.45) is 5.10 Å². The van der Waals surface area contributed by atoms with Gasteiger partial charge in [-0.1, -0.05) is 6.07 Å². The first-order chi connectivity index (χ1) is 10.7. The maximum atomic E-state index is 11.8. The highest BCUT2D eigenvalue weighted by Gasteiger charge is 2.02. The lowest BCUT2D eigenvalue weighted by atomic mass is 10.2. The second-order valence-corrected chi connectivity index (χ2v) is 4.55. The average molecular weight is 298 g/mol. The topological polar surface area (TPSA) is 75.6 Å². The molecule has 0 bridgehead atoms. The first-order valence-corrected chi connectivity index (χ1v) is 6.80. The molecule has 0 aliphatic rings. The Morgan fingerprint density at radius 3 is 2.77 bits per heavy atom. The Labute approximate surface area is 129 Å². The number of nitrogens with one attached hydrogen (secondary N) is 2. The van der Waals surface area contributed by atoms with E-state index in [1.165, 1.54) is 0 Å². The van der Waals surface area contributed by atoms with Crippen LogP contribution in [0.3, 0.4) is 0 Å². The SMILES string of the molecule is COc1cccc(NCC(=O)NN=C(C)c2ccncc2)c1. The molecule has 6 heteroatoms. The Hall–Kier alpha value is -2.89. The van der Waals surface area contributed by atoms with Gasteiger partial charge in [-0.25, -0.2) is 5.43 Å². The van der Waals surface area contributed by atoms with Crippen molar-refractivity contribution in [1.82, 2.24) is 10.4 Å². The van der Waals surface area contributed by atoms with Crippen LogP contribution in [0.15, 0.2) is 53.9 Å². The molecule has 0 aliphatic heterocycles. The molecule has 1 heterocycles. The third-order valence-corrected chi connectivity index (χ3v) is 2.97. The molecule has 0 atom stereocenters. The summed E-state index contributed by atoms with van der Waals surface area (Å²) in [5.74, 6) is 0.508. The standard InChI is InChI=1S/C16H18N4O2/c1-12(13-6-8-17-9-7-13)19-20-16(21)11-18-14-4-3-5-15(10-14)22-2/h3-10,18H,11H2,1-2H3,(H,20,21). The number of hydrogen-bond acceptors (Lipinski definition) is 5. The van der Waals surface area contributed by atoms with E-state index >= 15 is 0 Å². The van der Waals surface area contributed by atoms with Gasteiger partial charge in [-0.15, -0.1) is 0 Å². The number of benzene rings is 1. The highest BCUT2D eigenvalue weighted by molar-refractivity contribution is 5.99. The van der Waals surface area contributed by atoms with Gasteiger partial charge in [-0.2, -0.15) is 5.10 Å². The largest absolute Gasteiger partial charge is 0.497 e. The molecule has 1 aromatic carbocycles. The maximum Gasteiger partial charge on any atom is 0.259 e. The van der Waals surface area contributed by atoms with Crippen LogP contribution in [0.4, 0.5) is 5.69 Å². The van der Waals surface area contributed by atoms with Gasteiger partial charge >= 0.3 is 0 Å². The number of carbonyl (C=O) groups is 1. The predicted octanol–water partition coefficient (Wildman–Crippen LogP) is 2.04. The molecule has 0 saturated carbocycles. The van der Waals surface area contributed by atoms with Crippen molar-refractivity contribution in [3.8, 4) is 5.75 Å². The lowest BCUT2D eigenvalue weighted by Gasteiger charge is -2.07. The number of pyridine rings is 1. The van der Waals surface area contributed by atoms with E-state index in [-0.39, 0.29) is 12.5 Å². The van der Waals surface area contributed by atoms with Gasteiger partial charge in [0.15, 0.2) is 0 Å². The van der Waals surface area contributed by atoms with Crippen molar-refractivity contribution in [1.29, 1.82) is 0 Å². The molecule has 0 fully saturated rings.